The number of non-ortho nitro benzene ring substituents is 1. The van der Waals surface area contributed by atoms with Crippen LogP contribution in [0.4, 0.5) is 5.69 Å². The summed E-state index contributed by atoms with van der Waals surface area (Å²) >= 11 is 0. The lowest BCUT2D eigenvalue weighted by molar-refractivity contribution is -0.383. The Morgan fingerprint density at radius 2 is 1.75 bits per heavy atom. The van der Waals surface area contributed by atoms with Crippen molar-refractivity contribution >= 4 is 16.6 Å². The Labute approximate surface area is 138 Å². The first-order valence-corrected chi connectivity index (χ1v) is 7.56. The second-order valence-corrected chi connectivity index (χ2v) is 6.67. The Kier molecular flexibility index (Phi) is 3.67. The van der Waals surface area contributed by atoms with Crippen LogP contribution in [-0.2, 0) is 5.41 Å². The molecule has 0 aliphatic rings. The molecule has 0 fully saturated rings. The highest BCUT2D eigenvalue weighted by molar-refractivity contribution is 5.87. The molecule has 122 valence electrons. The predicted molar refractivity (Wildman–Crippen MR) is 93.2 cm³/mol. The smallest absolute Gasteiger partial charge is 0.295 e. The van der Waals surface area contributed by atoms with Gasteiger partial charge in [0.1, 0.15) is 5.82 Å². The number of nitrogens with one attached hydrogen (secondary N) is 1. The van der Waals surface area contributed by atoms with Crippen molar-refractivity contribution in [3.05, 3.63) is 68.5 Å². The van der Waals surface area contributed by atoms with Crippen LogP contribution in [0.1, 0.15) is 26.3 Å². The van der Waals surface area contributed by atoms with Crippen molar-refractivity contribution in [2.45, 2.75) is 26.2 Å². The van der Waals surface area contributed by atoms with Gasteiger partial charge in [0.2, 0.25) is 0 Å². The van der Waals surface area contributed by atoms with Crippen LogP contribution in [0.15, 0.2) is 47.3 Å². The molecule has 0 amide bonds. The molecule has 2 aromatic carbocycles. The van der Waals surface area contributed by atoms with E-state index in [0.29, 0.717) is 11.4 Å². The predicted octanol–water partition coefficient (Wildman–Crippen LogP) is 3.80. The van der Waals surface area contributed by atoms with E-state index in [9.17, 15) is 14.9 Å². The fourth-order valence-electron chi connectivity index (χ4n) is 2.56. The van der Waals surface area contributed by atoms with Crippen molar-refractivity contribution in [1.82, 2.24) is 9.97 Å². The van der Waals surface area contributed by atoms with Crippen LogP contribution in [0.25, 0.3) is 22.3 Å². The van der Waals surface area contributed by atoms with Gasteiger partial charge in [0, 0.05) is 11.6 Å². The van der Waals surface area contributed by atoms with E-state index < -0.39 is 10.5 Å². The Balaban J connectivity index is 2.19. The van der Waals surface area contributed by atoms with Gasteiger partial charge < -0.3 is 4.98 Å². The van der Waals surface area contributed by atoms with Gasteiger partial charge in [-0.3, -0.25) is 14.9 Å². The average Bonchev–Trinajstić information content (AvgIpc) is 2.53. The van der Waals surface area contributed by atoms with Crippen LogP contribution < -0.4 is 5.56 Å². The lowest BCUT2D eigenvalue weighted by Gasteiger charge is -2.19. The van der Waals surface area contributed by atoms with Crippen LogP contribution in [0.2, 0.25) is 0 Å². The first kappa shape index (κ1) is 15.9. The molecule has 3 aromatic rings. The molecule has 0 atom stereocenters. The third kappa shape index (κ3) is 2.78. The molecule has 6 heteroatoms. The summed E-state index contributed by atoms with van der Waals surface area (Å²) in [5.74, 6) is 0.322. The molecule has 6 nitrogen and oxygen atoms in total. The molecule has 1 heterocycles. The lowest BCUT2D eigenvalue weighted by atomic mass is 9.87. The molecular formula is C18H17N3O3. The molecule has 24 heavy (non-hydrogen) atoms. The molecule has 0 bridgehead atoms. The number of para-hydroxylation sites is 1. The number of H-pyrrole nitrogens is 1. The van der Waals surface area contributed by atoms with Crippen molar-refractivity contribution in [1.29, 1.82) is 0 Å². The topological polar surface area (TPSA) is 88.9 Å². The molecule has 0 aliphatic heterocycles. The maximum absolute atomic E-state index is 12.3. The summed E-state index contributed by atoms with van der Waals surface area (Å²) in [7, 11) is 0. The number of nitrogens with zero attached hydrogens (tertiary/aromatic N) is 2. The standard InChI is InChI=1S/C18H17N3O3/c1-18(2,3)12-9-7-11(8-10-12)16-19-15-13(17(22)20-16)5-4-6-14(15)21(23)24/h4-10H,1-3H3,(H,19,20,22). The number of hydrogen-bond acceptors (Lipinski definition) is 4. The van der Waals surface area contributed by atoms with Gasteiger partial charge in [0.05, 0.1) is 10.3 Å². The van der Waals surface area contributed by atoms with Gasteiger partial charge in [-0.15, -0.1) is 0 Å². The highest BCUT2D eigenvalue weighted by Crippen LogP contribution is 2.26. The minimum absolute atomic E-state index is 0.0154. The Bertz CT molecular complexity index is 983. The maximum Gasteiger partial charge on any atom is 0.295 e. The van der Waals surface area contributed by atoms with Crippen LogP contribution in [0.3, 0.4) is 0 Å². The molecule has 0 saturated carbocycles. The summed E-state index contributed by atoms with van der Waals surface area (Å²) in [6, 6.07) is 12.0. The molecule has 3 rings (SSSR count). The highest BCUT2D eigenvalue weighted by atomic mass is 16.6. The number of fused-ring (bicyclic) bond motifs is 1. The number of rotatable bonds is 2. The fraction of sp³-hybridized carbons (Fsp3) is 0.222. The molecule has 0 spiro atoms. The number of aromatic nitrogens is 2. The Hall–Kier alpha value is -3.02. The summed E-state index contributed by atoms with van der Waals surface area (Å²) < 4.78 is 0. The zero-order valence-electron chi connectivity index (χ0n) is 13.7. The second-order valence-electron chi connectivity index (χ2n) is 6.67. The van der Waals surface area contributed by atoms with Crippen LogP contribution in [0, 0.1) is 10.1 Å². The van der Waals surface area contributed by atoms with Crippen molar-refractivity contribution in [2.75, 3.05) is 0 Å². The summed E-state index contributed by atoms with van der Waals surface area (Å²) in [5, 5.41) is 11.4. The number of nitro benzene ring substituents is 1. The minimum atomic E-state index is -0.527. The number of nitro groups is 1. The van der Waals surface area contributed by atoms with E-state index >= 15 is 0 Å². The van der Waals surface area contributed by atoms with Gasteiger partial charge >= 0.3 is 0 Å². The summed E-state index contributed by atoms with van der Waals surface area (Å²) in [5.41, 5.74) is 1.41. The van der Waals surface area contributed by atoms with Crippen molar-refractivity contribution < 1.29 is 4.92 Å². The van der Waals surface area contributed by atoms with E-state index in [1.54, 1.807) is 0 Å². The quantitative estimate of drug-likeness (QED) is 0.574. The van der Waals surface area contributed by atoms with E-state index in [0.717, 1.165) is 5.56 Å². The first-order chi connectivity index (χ1) is 11.3. The molecule has 0 radical (unpaired) electrons. The molecule has 0 unspecified atom stereocenters. The van der Waals surface area contributed by atoms with Gasteiger partial charge in [-0.2, -0.15) is 0 Å². The third-order valence-corrected chi connectivity index (χ3v) is 3.94. The third-order valence-electron chi connectivity index (χ3n) is 3.94. The Morgan fingerprint density at radius 1 is 1.08 bits per heavy atom. The monoisotopic (exact) mass is 323 g/mol. The Morgan fingerprint density at radius 3 is 2.33 bits per heavy atom. The largest absolute Gasteiger partial charge is 0.306 e. The highest BCUT2D eigenvalue weighted by Gasteiger charge is 2.17. The van der Waals surface area contributed by atoms with Crippen molar-refractivity contribution in [2.24, 2.45) is 0 Å². The van der Waals surface area contributed by atoms with Crippen molar-refractivity contribution in [3.8, 4) is 11.4 Å². The van der Waals surface area contributed by atoms with E-state index in [1.165, 1.54) is 18.2 Å². The SMILES string of the molecule is CC(C)(C)c1ccc(-c2nc3c([N+](=O)[O-])cccc3c(=O)[nH]2)cc1. The second kappa shape index (κ2) is 5.56. The van der Waals surface area contributed by atoms with Gasteiger partial charge in [-0.05, 0) is 17.0 Å². The van der Waals surface area contributed by atoms with E-state index in [4.69, 9.17) is 0 Å². The molecule has 1 aromatic heterocycles. The fourth-order valence-corrected chi connectivity index (χ4v) is 2.56. The van der Waals surface area contributed by atoms with Crippen molar-refractivity contribution in [3.63, 3.8) is 0 Å². The molecule has 0 aliphatic carbocycles. The maximum atomic E-state index is 12.3. The minimum Gasteiger partial charge on any atom is -0.306 e. The normalized spacial score (nSPS) is 11.6. The van der Waals surface area contributed by atoms with Crippen LogP contribution >= 0.6 is 0 Å². The van der Waals surface area contributed by atoms with E-state index in [1.807, 2.05) is 24.3 Å². The molecule has 0 saturated heterocycles. The van der Waals surface area contributed by atoms with Crippen LogP contribution in [-0.4, -0.2) is 14.9 Å². The summed E-state index contributed by atoms with van der Waals surface area (Å²) in [6.45, 7) is 6.34. The first-order valence-electron chi connectivity index (χ1n) is 7.56. The van der Waals surface area contributed by atoms with Gasteiger partial charge in [0.15, 0.2) is 5.52 Å². The number of hydrogen-bond donors (Lipinski definition) is 1. The van der Waals surface area contributed by atoms with Gasteiger partial charge in [-0.25, -0.2) is 4.98 Å². The summed E-state index contributed by atoms with van der Waals surface area (Å²) in [4.78, 5) is 29.9. The zero-order valence-corrected chi connectivity index (χ0v) is 13.7. The molecular weight excluding hydrogens is 306 g/mol. The van der Waals surface area contributed by atoms with Gasteiger partial charge in [-0.1, -0.05) is 51.1 Å². The number of aromatic amines is 1. The summed E-state index contributed by atoms with van der Waals surface area (Å²) in [6.07, 6.45) is 0. The lowest BCUT2D eigenvalue weighted by Crippen LogP contribution is -2.12. The molecule has 1 N–H and O–H groups in total. The van der Waals surface area contributed by atoms with E-state index in [2.05, 4.69) is 30.7 Å². The zero-order chi connectivity index (χ0) is 17.5. The van der Waals surface area contributed by atoms with E-state index in [-0.39, 0.29) is 22.0 Å². The van der Waals surface area contributed by atoms with Crippen LogP contribution in [0.5, 0.6) is 0 Å². The average molecular weight is 323 g/mol. The van der Waals surface area contributed by atoms with Gasteiger partial charge in [0.25, 0.3) is 11.2 Å². The number of benzene rings is 2.